The molecule has 2 aliphatic rings. The molecule has 1 aromatic carbocycles. The number of benzene rings is 1. The summed E-state index contributed by atoms with van der Waals surface area (Å²) in [5.41, 5.74) is 3.80. The van der Waals surface area contributed by atoms with Gasteiger partial charge < -0.3 is 9.67 Å². The third-order valence-corrected chi connectivity index (χ3v) is 5.26. The van der Waals surface area contributed by atoms with Crippen LogP contribution in [0, 0.1) is 5.92 Å². The lowest BCUT2D eigenvalue weighted by molar-refractivity contribution is 0.0686. The van der Waals surface area contributed by atoms with Crippen molar-refractivity contribution in [1.82, 2.24) is 9.55 Å². The number of fused-ring (bicyclic) bond motifs is 3. The van der Waals surface area contributed by atoms with Crippen molar-refractivity contribution in [3.8, 4) is 11.3 Å². The maximum Gasteiger partial charge on any atom is 0.0956 e. The highest BCUT2D eigenvalue weighted by Gasteiger charge is 2.32. The molecule has 1 fully saturated rings. The Kier molecular flexibility index (Phi) is 3.30. The van der Waals surface area contributed by atoms with Crippen molar-refractivity contribution in [2.75, 3.05) is 0 Å². The zero-order valence-electron chi connectivity index (χ0n) is 12.3. The maximum atomic E-state index is 10.7. The molecule has 0 saturated heterocycles. The van der Waals surface area contributed by atoms with E-state index >= 15 is 0 Å². The zero-order valence-corrected chi connectivity index (χ0v) is 12.3. The molecule has 4 rings (SSSR count). The molecule has 1 aliphatic carbocycles. The minimum Gasteiger partial charge on any atom is -0.393 e. The third-order valence-electron chi connectivity index (χ3n) is 5.26. The van der Waals surface area contributed by atoms with Gasteiger partial charge in [-0.15, -0.1) is 0 Å². The molecule has 110 valence electrons. The molecule has 0 radical (unpaired) electrons. The normalized spacial score (nSPS) is 22.8. The van der Waals surface area contributed by atoms with Gasteiger partial charge in [-0.2, -0.15) is 0 Å². The zero-order chi connectivity index (χ0) is 14.2. The smallest absolute Gasteiger partial charge is 0.0956 e. The first-order chi connectivity index (χ1) is 10.3. The fraction of sp³-hybridized carbons (Fsp3) is 0.500. The van der Waals surface area contributed by atoms with Crippen LogP contribution >= 0.6 is 0 Å². The molecule has 0 amide bonds. The molecular formula is C18H22N2O. The third kappa shape index (κ3) is 2.20. The quantitative estimate of drug-likeness (QED) is 0.930. The summed E-state index contributed by atoms with van der Waals surface area (Å²) in [5, 5.41) is 10.7. The number of nitrogens with zero attached hydrogens (tertiary/aromatic N) is 2. The van der Waals surface area contributed by atoms with Crippen molar-refractivity contribution in [2.24, 2.45) is 5.92 Å². The average molecular weight is 282 g/mol. The molecule has 1 aromatic heterocycles. The number of aliphatic hydroxyl groups excluding tert-OH is 1. The van der Waals surface area contributed by atoms with E-state index in [9.17, 15) is 5.11 Å². The van der Waals surface area contributed by atoms with Gasteiger partial charge in [0.1, 0.15) is 0 Å². The second-order valence-corrected chi connectivity index (χ2v) is 6.49. The molecule has 2 aromatic rings. The van der Waals surface area contributed by atoms with Gasteiger partial charge in [0.25, 0.3) is 0 Å². The predicted octanol–water partition coefficient (Wildman–Crippen LogP) is 3.78. The number of imidazole rings is 1. The number of aromatic nitrogens is 2. The van der Waals surface area contributed by atoms with E-state index in [0.29, 0.717) is 5.92 Å². The molecule has 0 spiro atoms. The predicted molar refractivity (Wildman–Crippen MR) is 83.0 cm³/mol. The van der Waals surface area contributed by atoms with Crippen LogP contribution in [0.3, 0.4) is 0 Å². The fourth-order valence-electron chi connectivity index (χ4n) is 4.11. The van der Waals surface area contributed by atoms with Crippen molar-refractivity contribution in [3.63, 3.8) is 0 Å². The monoisotopic (exact) mass is 282 g/mol. The molecule has 3 heteroatoms. The Labute approximate surface area is 125 Å². The van der Waals surface area contributed by atoms with Crippen molar-refractivity contribution in [3.05, 3.63) is 42.4 Å². The second kappa shape index (κ2) is 5.30. The van der Waals surface area contributed by atoms with E-state index < -0.39 is 0 Å². The summed E-state index contributed by atoms with van der Waals surface area (Å²) in [6, 6.07) is 8.78. The van der Waals surface area contributed by atoms with Crippen LogP contribution in [0.2, 0.25) is 0 Å². The summed E-state index contributed by atoms with van der Waals surface area (Å²) in [6.45, 7) is 0. The SMILES string of the molecule is O[C@H](C[C@@H]1c2ccccc2-c2cncn21)C1CCCCC1. The van der Waals surface area contributed by atoms with E-state index in [0.717, 1.165) is 6.42 Å². The van der Waals surface area contributed by atoms with Gasteiger partial charge in [-0.3, -0.25) is 0 Å². The van der Waals surface area contributed by atoms with E-state index in [-0.39, 0.29) is 12.1 Å². The topological polar surface area (TPSA) is 38.1 Å². The average Bonchev–Trinajstić information content (AvgIpc) is 3.11. The van der Waals surface area contributed by atoms with Crippen molar-refractivity contribution < 1.29 is 5.11 Å². The molecule has 0 bridgehead atoms. The second-order valence-electron chi connectivity index (χ2n) is 6.49. The van der Waals surface area contributed by atoms with Crippen LogP contribution in [0.1, 0.15) is 50.1 Å². The highest BCUT2D eigenvalue weighted by Crippen LogP contribution is 2.42. The Morgan fingerprint density at radius 1 is 1.19 bits per heavy atom. The van der Waals surface area contributed by atoms with Crippen LogP contribution in [0.5, 0.6) is 0 Å². The van der Waals surface area contributed by atoms with Crippen LogP contribution in [0.25, 0.3) is 11.3 Å². The lowest BCUT2D eigenvalue weighted by Crippen LogP contribution is -2.26. The molecule has 0 unspecified atom stereocenters. The van der Waals surface area contributed by atoms with Crippen LogP contribution < -0.4 is 0 Å². The minimum atomic E-state index is -0.197. The largest absolute Gasteiger partial charge is 0.393 e. The molecule has 3 nitrogen and oxygen atoms in total. The summed E-state index contributed by atoms with van der Waals surface area (Å²) in [4.78, 5) is 4.29. The van der Waals surface area contributed by atoms with Gasteiger partial charge >= 0.3 is 0 Å². The standard InChI is InChI=1S/C18H22N2O/c21-18(13-6-2-1-3-7-13)10-16-14-8-4-5-9-15(14)17-11-19-12-20(16)17/h4-5,8-9,11-13,16,18,21H,1-3,6-7,10H2/t16-,18-/m1/s1. The van der Waals surface area contributed by atoms with E-state index in [1.807, 2.05) is 12.5 Å². The molecular weight excluding hydrogens is 260 g/mol. The van der Waals surface area contributed by atoms with Crippen LogP contribution in [-0.2, 0) is 0 Å². The maximum absolute atomic E-state index is 10.7. The van der Waals surface area contributed by atoms with Crippen LogP contribution in [0.15, 0.2) is 36.8 Å². The van der Waals surface area contributed by atoms with E-state index in [1.54, 1.807) is 0 Å². The summed E-state index contributed by atoms with van der Waals surface area (Å²) in [6.07, 6.45) is 10.7. The summed E-state index contributed by atoms with van der Waals surface area (Å²) >= 11 is 0. The highest BCUT2D eigenvalue weighted by molar-refractivity contribution is 5.68. The number of rotatable bonds is 3. The van der Waals surface area contributed by atoms with Crippen molar-refractivity contribution in [2.45, 2.75) is 50.7 Å². The van der Waals surface area contributed by atoms with Gasteiger partial charge in [0.15, 0.2) is 0 Å². The van der Waals surface area contributed by atoms with Crippen molar-refractivity contribution in [1.29, 1.82) is 0 Å². The van der Waals surface area contributed by atoms with Crippen molar-refractivity contribution >= 4 is 0 Å². The van der Waals surface area contributed by atoms with E-state index in [1.165, 1.54) is 48.9 Å². The molecule has 21 heavy (non-hydrogen) atoms. The van der Waals surface area contributed by atoms with Gasteiger partial charge in [-0.05, 0) is 30.7 Å². The molecule has 2 atom stereocenters. The Hall–Kier alpha value is -1.61. The Morgan fingerprint density at radius 3 is 2.86 bits per heavy atom. The van der Waals surface area contributed by atoms with Crippen LogP contribution in [-0.4, -0.2) is 20.8 Å². The van der Waals surface area contributed by atoms with Gasteiger partial charge in [0.05, 0.1) is 30.4 Å². The summed E-state index contributed by atoms with van der Waals surface area (Å²) in [5.74, 6) is 0.485. The summed E-state index contributed by atoms with van der Waals surface area (Å²) in [7, 11) is 0. The highest BCUT2D eigenvalue weighted by atomic mass is 16.3. The van der Waals surface area contributed by atoms with Gasteiger partial charge in [0, 0.05) is 5.56 Å². The first-order valence-electron chi connectivity index (χ1n) is 8.14. The Bertz CT molecular complexity index is 628. The Morgan fingerprint density at radius 2 is 2.00 bits per heavy atom. The first kappa shape index (κ1) is 13.1. The van der Waals surface area contributed by atoms with Gasteiger partial charge in [-0.25, -0.2) is 4.98 Å². The van der Waals surface area contributed by atoms with Gasteiger partial charge in [0.2, 0.25) is 0 Å². The lowest BCUT2D eigenvalue weighted by Gasteiger charge is -2.29. The minimum absolute atomic E-state index is 0.197. The van der Waals surface area contributed by atoms with Gasteiger partial charge in [-0.1, -0.05) is 43.5 Å². The fourth-order valence-corrected chi connectivity index (χ4v) is 4.11. The van der Waals surface area contributed by atoms with E-state index in [2.05, 4.69) is 33.8 Å². The molecule has 1 N–H and O–H groups in total. The molecule has 2 heterocycles. The van der Waals surface area contributed by atoms with Crippen LogP contribution in [0.4, 0.5) is 0 Å². The Balaban J connectivity index is 1.60. The number of aliphatic hydroxyl groups is 1. The first-order valence-corrected chi connectivity index (χ1v) is 8.14. The summed E-state index contributed by atoms with van der Waals surface area (Å²) < 4.78 is 2.23. The molecule has 1 aliphatic heterocycles. The molecule has 1 saturated carbocycles. The number of hydrogen-bond donors (Lipinski definition) is 1. The lowest BCUT2D eigenvalue weighted by atomic mass is 9.82. The van der Waals surface area contributed by atoms with E-state index in [4.69, 9.17) is 0 Å². The number of hydrogen-bond acceptors (Lipinski definition) is 2.